The Bertz CT molecular complexity index is 456. The quantitative estimate of drug-likeness (QED) is 0.189. The Hall–Kier alpha value is -1.45. The van der Waals surface area contributed by atoms with Crippen molar-refractivity contribution in [3.8, 4) is 0 Å². The molecule has 5 nitrogen and oxygen atoms in total. The Kier molecular flexibility index (Phi) is 5.79. The van der Waals surface area contributed by atoms with E-state index in [1.165, 1.54) is 18.2 Å². The molecular weight excluding hydrogens is 360 g/mol. The molecule has 0 bridgehead atoms. The molecule has 0 radical (unpaired) electrons. The molecule has 11 heteroatoms. The smallest absolute Gasteiger partial charge is 0.418 e. The molecule has 0 aliphatic carbocycles. The fourth-order valence-corrected chi connectivity index (χ4v) is 1.30. The molecule has 0 aromatic heterocycles. The number of halogens is 5. The van der Waals surface area contributed by atoms with Crippen LogP contribution in [-0.2, 0) is 0 Å². The number of diazo groups is 1. The van der Waals surface area contributed by atoms with E-state index in [0.29, 0.717) is 9.26 Å². The zero-order chi connectivity index (χ0) is 13.6. The number of nitro benzene ring substituents is 1. The third kappa shape index (κ3) is 7.44. The van der Waals surface area contributed by atoms with Gasteiger partial charge in [0.15, 0.2) is 4.98 Å². The predicted octanol–water partition coefficient (Wildman–Crippen LogP) is 3.98. The lowest BCUT2D eigenvalue weighted by Gasteiger charge is -1.94. The maximum atomic E-state index is 10.3. The summed E-state index contributed by atoms with van der Waals surface area (Å²) in [6.45, 7) is 0. The van der Waals surface area contributed by atoms with E-state index in [4.69, 9.17) is 5.39 Å². The van der Waals surface area contributed by atoms with Gasteiger partial charge in [-0.2, -0.15) is 0 Å². The van der Waals surface area contributed by atoms with Gasteiger partial charge in [-0.05, 0) is 22.6 Å². The molecule has 1 rings (SSSR count). The van der Waals surface area contributed by atoms with Crippen LogP contribution in [0, 0.1) is 19.1 Å². The lowest BCUT2D eigenvalue weighted by molar-refractivity contribution is -0.384. The minimum absolute atomic E-state index is 0.00759. The highest BCUT2D eigenvalue weighted by molar-refractivity contribution is 14.1. The fraction of sp³-hybridized carbons (Fsp3) is 0. The Labute approximate surface area is 106 Å². The summed E-state index contributed by atoms with van der Waals surface area (Å²) in [5.41, 5.74) is 0.327. The van der Waals surface area contributed by atoms with Crippen LogP contribution in [0.1, 0.15) is 0 Å². The van der Waals surface area contributed by atoms with E-state index < -0.39 is 12.2 Å². The van der Waals surface area contributed by atoms with Crippen molar-refractivity contribution in [1.82, 2.24) is 0 Å². The van der Waals surface area contributed by atoms with E-state index in [-0.39, 0.29) is 5.69 Å². The van der Waals surface area contributed by atoms with Crippen LogP contribution in [0.2, 0.25) is 0 Å². The van der Waals surface area contributed by atoms with Gasteiger partial charge in [0.2, 0.25) is 5.39 Å². The van der Waals surface area contributed by atoms with Crippen LogP contribution in [0.5, 0.6) is 0 Å². The average Bonchev–Trinajstić information content (AvgIpc) is 2.14. The molecule has 1 aromatic rings. The van der Waals surface area contributed by atoms with E-state index in [2.05, 4.69) is 4.98 Å². The molecular formula is C6H3BF4IN3O2. The predicted molar refractivity (Wildman–Crippen MR) is 60.7 cm³/mol. The number of non-ortho nitro benzene ring substituents is 1. The van der Waals surface area contributed by atoms with E-state index >= 15 is 0 Å². The monoisotopic (exact) mass is 363 g/mol. The average molecular weight is 363 g/mol. The van der Waals surface area contributed by atoms with Crippen LogP contribution in [0.25, 0.3) is 4.98 Å². The number of nitrogens with zero attached hydrogens (tertiary/aromatic N) is 3. The van der Waals surface area contributed by atoms with Crippen LogP contribution < -0.4 is 0 Å². The molecule has 0 unspecified atom stereocenters. The number of nitro groups is 1. The molecule has 92 valence electrons. The topological polar surface area (TPSA) is 71.3 Å². The Morgan fingerprint density at radius 2 is 1.82 bits per heavy atom. The number of hydrogen-bond donors (Lipinski definition) is 0. The van der Waals surface area contributed by atoms with Gasteiger partial charge in [-0.3, -0.25) is 10.1 Å². The molecule has 0 atom stereocenters. The van der Waals surface area contributed by atoms with Crippen molar-refractivity contribution in [2.75, 3.05) is 0 Å². The summed E-state index contributed by atoms with van der Waals surface area (Å²) >= 11 is 1.86. The first-order chi connectivity index (χ1) is 7.65. The summed E-state index contributed by atoms with van der Waals surface area (Å²) in [5, 5.41) is 18.7. The molecule has 0 fully saturated rings. The fourth-order valence-electron chi connectivity index (χ4n) is 0.690. The SMILES string of the molecule is F[B-](F)(F)F.N#[N+]c1ccc([N+](=O)[O-])cc1I. The molecule has 0 spiro atoms. The van der Waals surface area contributed by atoms with Gasteiger partial charge in [0.25, 0.3) is 5.69 Å². The van der Waals surface area contributed by atoms with E-state index in [0.717, 1.165) is 0 Å². The second kappa shape index (κ2) is 6.33. The maximum absolute atomic E-state index is 10.3. The van der Waals surface area contributed by atoms with Crippen LogP contribution in [0.15, 0.2) is 18.2 Å². The van der Waals surface area contributed by atoms with E-state index in [9.17, 15) is 27.4 Å². The van der Waals surface area contributed by atoms with Gasteiger partial charge in [0, 0.05) is 18.2 Å². The highest BCUT2D eigenvalue weighted by atomic mass is 127. The molecule has 0 saturated heterocycles. The summed E-state index contributed by atoms with van der Waals surface area (Å²) in [7, 11) is -6.00. The molecule has 0 aliphatic rings. The number of rotatable bonds is 1. The van der Waals surface area contributed by atoms with Gasteiger partial charge in [-0.25, -0.2) is 0 Å². The number of hydrogen-bond acceptors (Lipinski definition) is 3. The van der Waals surface area contributed by atoms with Crippen LogP contribution >= 0.6 is 22.6 Å². The molecule has 17 heavy (non-hydrogen) atoms. The first kappa shape index (κ1) is 15.6. The first-order valence-corrected chi connectivity index (χ1v) is 4.89. The van der Waals surface area contributed by atoms with Gasteiger partial charge < -0.3 is 17.3 Å². The second-order valence-corrected chi connectivity index (χ2v) is 3.65. The van der Waals surface area contributed by atoms with Crippen molar-refractivity contribution in [2.45, 2.75) is 0 Å². The lowest BCUT2D eigenvalue weighted by Crippen LogP contribution is -2.02. The molecule has 0 amide bonds. The molecule has 0 saturated carbocycles. The van der Waals surface area contributed by atoms with E-state index in [1.807, 2.05) is 22.6 Å². The summed E-state index contributed by atoms with van der Waals surface area (Å²) in [5.74, 6) is 0. The third-order valence-electron chi connectivity index (χ3n) is 1.25. The molecule has 1 aromatic carbocycles. The Morgan fingerprint density at radius 1 is 1.35 bits per heavy atom. The van der Waals surface area contributed by atoms with Crippen molar-refractivity contribution in [3.63, 3.8) is 0 Å². The maximum Gasteiger partial charge on any atom is 0.673 e. The summed E-state index contributed by atoms with van der Waals surface area (Å²) in [4.78, 5) is 12.7. The Morgan fingerprint density at radius 3 is 2.12 bits per heavy atom. The van der Waals surface area contributed by atoms with Gasteiger partial charge in [0.05, 0.1) is 4.92 Å². The van der Waals surface area contributed by atoms with Gasteiger partial charge in [0.1, 0.15) is 3.57 Å². The Balaban J connectivity index is 0.000000437. The van der Waals surface area contributed by atoms with Crippen molar-refractivity contribution in [2.24, 2.45) is 0 Å². The van der Waals surface area contributed by atoms with Gasteiger partial charge in [-0.15, -0.1) is 0 Å². The van der Waals surface area contributed by atoms with Crippen molar-refractivity contribution >= 4 is 41.2 Å². The molecule has 0 heterocycles. The third-order valence-corrected chi connectivity index (χ3v) is 2.11. The lowest BCUT2D eigenvalue weighted by atomic mass is 10.3. The van der Waals surface area contributed by atoms with Crippen LogP contribution in [-0.4, -0.2) is 12.2 Å². The second-order valence-electron chi connectivity index (χ2n) is 2.49. The largest absolute Gasteiger partial charge is 0.673 e. The zero-order valence-corrected chi connectivity index (χ0v) is 10.0. The molecule has 0 aliphatic heterocycles. The number of benzene rings is 1. The van der Waals surface area contributed by atoms with Crippen molar-refractivity contribution in [3.05, 3.63) is 36.9 Å². The minimum Gasteiger partial charge on any atom is -0.418 e. The van der Waals surface area contributed by atoms with Crippen LogP contribution in [0.3, 0.4) is 0 Å². The minimum atomic E-state index is -6.00. The van der Waals surface area contributed by atoms with Gasteiger partial charge >= 0.3 is 12.9 Å². The summed E-state index contributed by atoms with van der Waals surface area (Å²) in [6.07, 6.45) is 0. The summed E-state index contributed by atoms with van der Waals surface area (Å²) < 4.78 is 39.5. The molecule has 0 N–H and O–H groups in total. The standard InChI is InChI=1S/C6H3IN3O2.BF4/c7-5-3-4(10(11)12)1-2-6(5)9-8;2-1(3,4)5/h1-3H;/q+1;-1. The summed E-state index contributed by atoms with van der Waals surface area (Å²) in [6, 6.07) is 4.02. The van der Waals surface area contributed by atoms with Crippen molar-refractivity contribution in [1.29, 1.82) is 5.39 Å². The van der Waals surface area contributed by atoms with E-state index in [1.54, 1.807) is 0 Å². The first-order valence-electron chi connectivity index (χ1n) is 3.81. The van der Waals surface area contributed by atoms with Crippen LogP contribution in [0.4, 0.5) is 28.6 Å². The highest BCUT2D eigenvalue weighted by Crippen LogP contribution is 2.25. The zero-order valence-electron chi connectivity index (χ0n) is 7.86. The highest BCUT2D eigenvalue weighted by Gasteiger charge is 2.20. The normalized spacial score (nSPS) is 9.88. The van der Waals surface area contributed by atoms with Gasteiger partial charge in [-0.1, -0.05) is 0 Å². The van der Waals surface area contributed by atoms with Crippen molar-refractivity contribution < 1.29 is 22.2 Å².